The van der Waals surface area contributed by atoms with Crippen LogP contribution in [0.25, 0.3) is 0 Å². The van der Waals surface area contributed by atoms with Gasteiger partial charge in [0.2, 0.25) is 23.6 Å². The van der Waals surface area contributed by atoms with E-state index in [1.807, 2.05) is 68.5 Å². The summed E-state index contributed by atoms with van der Waals surface area (Å²) < 4.78 is 0. The molecule has 4 aromatic carbocycles. The molecule has 0 aliphatic carbocycles. The number of hydrogen-bond acceptors (Lipinski definition) is 4. The molecule has 4 aromatic rings. The van der Waals surface area contributed by atoms with Gasteiger partial charge in [-0.3, -0.25) is 19.2 Å². The van der Waals surface area contributed by atoms with Crippen LogP contribution in [-0.2, 0) is 19.2 Å². The Bertz CT molecular complexity index is 1980. The fourth-order valence-electron chi connectivity index (χ4n) is 8.26. The van der Waals surface area contributed by atoms with Crippen LogP contribution in [0.1, 0.15) is 172 Å². The van der Waals surface area contributed by atoms with Crippen LogP contribution in [0.3, 0.4) is 0 Å². The smallest absolute Gasteiger partial charge is 0.229 e. The predicted molar refractivity (Wildman–Crippen MR) is 307 cm³/mol. The molecule has 0 saturated heterocycles. The number of carbonyl (C=O) groups excluding carboxylic acids is 4. The van der Waals surface area contributed by atoms with Gasteiger partial charge in [-0.2, -0.15) is 0 Å². The number of rotatable bonds is 24. The van der Waals surface area contributed by atoms with Crippen molar-refractivity contribution >= 4 is 23.6 Å². The highest BCUT2D eigenvalue weighted by atomic mass is 16.2. The van der Waals surface area contributed by atoms with E-state index in [1.54, 1.807) is 19.6 Å². The second-order valence-electron chi connectivity index (χ2n) is 20.2. The third-order valence-corrected chi connectivity index (χ3v) is 12.9. The molecule has 8 heteroatoms. The lowest BCUT2D eigenvalue weighted by Gasteiger charge is -2.21. The third kappa shape index (κ3) is 24.6. The molecule has 0 bridgehead atoms. The summed E-state index contributed by atoms with van der Waals surface area (Å²) in [5, 5.41) is 0. The molecular weight excluding hydrogens is 889 g/mol. The second-order valence-corrected chi connectivity index (χ2v) is 20.2. The highest BCUT2D eigenvalue weighted by Crippen LogP contribution is 2.28. The molecule has 396 valence electrons. The molecule has 8 nitrogen and oxygen atoms in total. The van der Waals surface area contributed by atoms with Crippen molar-refractivity contribution in [3.8, 4) is 0 Å². The molecule has 0 heterocycles. The molecule has 0 radical (unpaired) electrons. The lowest BCUT2D eigenvalue weighted by Crippen LogP contribution is -2.28. The standard InChI is InChI=1S/2C17H25NO.2C15H23NO/c2*1-5-6-7-8-9-16(17(19)18(3)4)15-12-10-14(2)11-13-15;2*1-5-6-7-14(15(17)16(3)4)13-10-8-12(2)9-11-13/h2*5,10-13,16H,1,6-9H2,2-4H3;2*8-11,14H,5-7H2,1-4H3. The van der Waals surface area contributed by atoms with Crippen molar-refractivity contribution in [2.75, 3.05) is 56.4 Å². The average molecular weight is 985 g/mol. The third-order valence-electron chi connectivity index (χ3n) is 12.9. The van der Waals surface area contributed by atoms with Crippen LogP contribution in [0.15, 0.2) is 122 Å². The second kappa shape index (κ2) is 36.2. The number of benzene rings is 4. The normalized spacial score (nSPS) is 12.1. The number of allylic oxidation sites excluding steroid dienone is 2. The summed E-state index contributed by atoms with van der Waals surface area (Å²) >= 11 is 0. The summed E-state index contributed by atoms with van der Waals surface area (Å²) in [5.74, 6) is 0.825. The van der Waals surface area contributed by atoms with Crippen molar-refractivity contribution in [1.29, 1.82) is 0 Å². The van der Waals surface area contributed by atoms with Crippen LogP contribution in [0.4, 0.5) is 0 Å². The van der Waals surface area contributed by atoms with Gasteiger partial charge in [0.1, 0.15) is 0 Å². The van der Waals surface area contributed by atoms with E-state index in [1.165, 1.54) is 22.3 Å². The SMILES string of the molecule is C=CCCCCC(C(=O)N(C)C)c1ccc(C)cc1.C=CCCCCC(C(=O)N(C)C)c1ccc(C)cc1.CCCCC(C(=O)N(C)C)c1ccc(C)cc1.CCCCC(C(=O)N(C)C)c1ccc(C)cc1. The van der Waals surface area contributed by atoms with E-state index in [9.17, 15) is 19.2 Å². The van der Waals surface area contributed by atoms with Crippen LogP contribution in [0, 0.1) is 27.7 Å². The van der Waals surface area contributed by atoms with Gasteiger partial charge in [0, 0.05) is 56.4 Å². The van der Waals surface area contributed by atoms with E-state index in [-0.39, 0.29) is 47.3 Å². The van der Waals surface area contributed by atoms with Crippen molar-refractivity contribution in [2.45, 2.75) is 155 Å². The Hall–Kier alpha value is -5.76. The van der Waals surface area contributed by atoms with Crippen LogP contribution in [0.2, 0.25) is 0 Å². The highest BCUT2D eigenvalue weighted by Gasteiger charge is 2.24. The Balaban J connectivity index is 0.000000481. The van der Waals surface area contributed by atoms with E-state index in [0.29, 0.717) is 0 Å². The summed E-state index contributed by atoms with van der Waals surface area (Å²) in [6.07, 6.45) is 18.4. The maximum absolute atomic E-state index is 12.3. The summed E-state index contributed by atoms with van der Waals surface area (Å²) in [7, 11) is 14.6. The number of nitrogens with zero attached hydrogens (tertiary/aromatic N) is 4. The largest absolute Gasteiger partial charge is 0.348 e. The van der Waals surface area contributed by atoms with E-state index >= 15 is 0 Å². The molecule has 72 heavy (non-hydrogen) atoms. The monoisotopic (exact) mass is 985 g/mol. The fraction of sp³-hybridized carbons (Fsp3) is 0.500. The Morgan fingerprint density at radius 1 is 0.361 bits per heavy atom. The summed E-state index contributed by atoms with van der Waals surface area (Å²) in [6.45, 7) is 20.1. The molecule has 0 spiro atoms. The lowest BCUT2D eigenvalue weighted by molar-refractivity contribution is -0.131. The Morgan fingerprint density at radius 3 is 0.722 bits per heavy atom. The Labute approximate surface area is 439 Å². The number of unbranched alkanes of at least 4 members (excludes halogenated alkanes) is 6. The lowest BCUT2D eigenvalue weighted by atomic mass is 9.91. The zero-order valence-corrected chi connectivity index (χ0v) is 47.4. The van der Waals surface area contributed by atoms with Crippen molar-refractivity contribution in [3.05, 3.63) is 167 Å². The molecule has 0 saturated carbocycles. The Kier molecular flexibility index (Phi) is 32.3. The van der Waals surface area contributed by atoms with Gasteiger partial charge >= 0.3 is 0 Å². The zero-order valence-electron chi connectivity index (χ0n) is 47.4. The van der Waals surface area contributed by atoms with Crippen molar-refractivity contribution in [2.24, 2.45) is 0 Å². The molecule has 0 aliphatic heterocycles. The van der Waals surface area contributed by atoms with Gasteiger partial charge in [-0.1, -0.05) is 184 Å². The molecule has 0 fully saturated rings. The van der Waals surface area contributed by atoms with Gasteiger partial charge in [0.05, 0.1) is 23.7 Å². The summed E-state index contributed by atoms with van der Waals surface area (Å²) in [4.78, 5) is 55.7. The summed E-state index contributed by atoms with van der Waals surface area (Å²) in [5.41, 5.74) is 9.47. The zero-order chi connectivity index (χ0) is 54.2. The molecular formula is C64H96N4O4. The molecule has 0 aromatic heterocycles. The first kappa shape index (κ1) is 64.3. The van der Waals surface area contributed by atoms with Gasteiger partial charge < -0.3 is 19.6 Å². The van der Waals surface area contributed by atoms with Gasteiger partial charge in [0.15, 0.2) is 0 Å². The van der Waals surface area contributed by atoms with E-state index in [2.05, 4.69) is 152 Å². The van der Waals surface area contributed by atoms with Crippen LogP contribution in [-0.4, -0.2) is 99.6 Å². The maximum atomic E-state index is 12.3. The van der Waals surface area contributed by atoms with Crippen LogP contribution in [0.5, 0.6) is 0 Å². The summed E-state index contributed by atoms with van der Waals surface area (Å²) in [6, 6.07) is 33.3. The molecule has 4 atom stereocenters. The Morgan fingerprint density at radius 2 is 0.556 bits per heavy atom. The topological polar surface area (TPSA) is 81.2 Å². The highest BCUT2D eigenvalue weighted by molar-refractivity contribution is 5.85. The fourth-order valence-corrected chi connectivity index (χ4v) is 8.26. The number of aryl methyl sites for hydroxylation is 4. The van der Waals surface area contributed by atoms with E-state index < -0.39 is 0 Å². The van der Waals surface area contributed by atoms with Gasteiger partial charge in [0.25, 0.3) is 0 Å². The first-order valence-corrected chi connectivity index (χ1v) is 26.6. The number of hydrogen-bond donors (Lipinski definition) is 0. The predicted octanol–water partition coefficient (Wildman–Crippen LogP) is 14.5. The number of likely N-dealkylation sites (N-methyl/N-ethyl adjacent to an activating group) is 4. The van der Waals surface area contributed by atoms with E-state index in [4.69, 9.17) is 0 Å². The molecule has 0 aliphatic rings. The quantitative estimate of drug-likeness (QED) is 0.0517. The number of carbonyl (C=O) groups is 4. The molecule has 4 rings (SSSR count). The molecule has 0 N–H and O–H groups in total. The van der Waals surface area contributed by atoms with Gasteiger partial charge in [-0.15, -0.1) is 13.2 Å². The van der Waals surface area contributed by atoms with E-state index in [0.717, 1.165) is 112 Å². The minimum absolute atomic E-state index is 0.0135. The average Bonchev–Trinajstić information content (AvgIpc) is 3.36. The molecule has 4 unspecified atom stereocenters. The van der Waals surface area contributed by atoms with Crippen LogP contribution >= 0.6 is 0 Å². The van der Waals surface area contributed by atoms with Gasteiger partial charge in [-0.05, 0) is 101 Å². The maximum Gasteiger partial charge on any atom is 0.229 e. The number of amides is 4. The van der Waals surface area contributed by atoms with Gasteiger partial charge in [-0.25, -0.2) is 0 Å². The molecule has 4 amide bonds. The first-order valence-electron chi connectivity index (χ1n) is 26.6. The van der Waals surface area contributed by atoms with Crippen molar-refractivity contribution in [3.63, 3.8) is 0 Å². The van der Waals surface area contributed by atoms with Crippen molar-refractivity contribution in [1.82, 2.24) is 19.6 Å². The first-order chi connectivity index (χ1) is 34.2. The van der Waals surface area contributed by atoms with Crippen molar-refractivity contribution < 1.29 is 19.2 Å². The minimum atomic E-state index is -0.0135. The van der Waals surface area contributed by atoms with Crippen LogP contribution < -0.4 is 0 Å². The minimum Gasteiger partial charge on any atom is -0.348 e.